The summed E-state index contributed by atoms with van der Waals surface area (Å²) in [5.74, 6) is 0.516. The third kappa shape index (κ3) is 5.77. The number of carbonyl (C=O) groups excluding carboxylic acids is 1. The number of aliphatic imine (C=N–C) groups is 1. The molecule has 0 aliphatic carbocycles. The van der Waals surface area contributed by atoms with Crippen LogP contribution in [0.4, 0.5) is 0 Å². The smallest absolute Gasteiger partial charge is 0.232 e. The second-order valence-electron chi connectivity index (χ2n) is 6.95. The second-order valence-corrected chi connectivity index (χ2v) is 8.24. The molecule has 7 nitrogen and oxygen atoms in total. The van der Waals surface area contributed by atoms with Crippen LogP contribution in [0.2, 0.25) is 0 Å². The van der Waals surface area contributed by atoms with Crippen molar-refractivity contribution in [2.24, 2.45) is 4.99 Å². The number of ether oxygens (including phenoxy) is 1. The predicted octanol–water partition coefficient (Wildman–Crippen LogP) is 2.07. The molecule has 1 aromatic heterocycles. The Morgan fingerprint density at radius 2 is 1.97 bits per heavy atom. The van der Waals surface area contributed by atoms with Crippen LogP contribution in [-0.4, -0.2) is 61.6 Å². The summed E-state index contributed by atoms with van der Waals surface area (Å²) in [6.45, 7) is 7.62. The molecule has 1 unspecified atom stereocenters. The van der Waals surface area contributed by atoms with Gasteiger partial charge in [-0.25, -0.2) is 4.98 Å². The van der Waals surface area contributed by atoms with Crippen LogP contribution in [0.25, 0.3) is 0 Å². The minimum atomic E-state index is -0.278. The number of morpholine rings is 1. The highest BCUT2D eigenvalue weighted by atomic mass is 32.1. The average Bonchev–Trinajstić information content (AvgIpc) is 3.08. The molecule has 1 fully saturated rings. The van der Waals surface area contributed by atoms with Crippen molar-refractivity contribution in [3.63, 3.8) is 0 Å². The molecule has 2 aromatic rings. The van der Waals surface area contributed by atoms with Gasteiger partial charge in [-0.3, -0.25) is 9.79 Å². The van der Waals surface area contributed by atoms with Crippen molar-refractivity contribution < 1.29 is 9.53 Å². The number of thiazole rings is 1. The van der Waals surface area contributed by atoms with Crippen molar-refractivity contribution in [3.05, 3.63) is 51.5 Å². The maximum absolute atomic E-state index is 13.2. The molecule has 1 aliphatic heterocycles. The Bertz CT molecular complexity index is 831. The molecule has 0 saturated carbocycles. The Morgan fingerprint density at radius 3 is 2.59 bits per heavy atom. The van der Waals surface area contributed by atoms with Gasteiger partial charge in [0.05, 0.1) is 36.4 Å². The van der Waals surface area contributed by atoms with Crippen LogP contribution < -0.4 is 10.6 Å². The number of hydrogen-bond donors (Lipinski definition) is 2. The quantitative estimate of drug-likeness (QED) is 0.558. The lowest BCUT2D eigenvalue weighted by Crippen LogP contribution is -2.47. The van der Waals surface area contributed by atoms with Crippen molar-refractivity contribution in [1.82, 2.24) is 20.5 Å². The van der Waals surface area contributed by atoms with Gasteiger partial charge in [0.25, 0.3) is 0 Å². The maximum Gasteiger partial charge on any atom is 0.232 e. The van der Waals surface area contributed by atoms with Crippen LogP contribution in [0.5, 0.6) is 0 Å². The fourth-order valence-corrected chi connectivity index (χ4v) is 4.23. The highest BCUT2D eigenvalue weighted by Crippen LogP contribution is 2.19. The monoisotopic (exact) mass is 415 g/mol. The van der Waals surface area contributed by atoms with Gasteiger partial charge in [-0.1, -0.05) is 30.3 Å². The van der Waals surface area contributed by atoms with E-state index in [1.54, 1.807) is 18.4 Å². The Balaban J connectivity index is 1.65. The maximum atomic E-state index is 13.2. The number of nitrogens with one attached hydrogen (secondary N) is 2. The van der Waals surface area contributed by atoms with E-state index in [9.17, 15) is 4.79 Å². The number of nitrogens with zero attached hydrogens (tertiary/aromatic N) is 3. The van der Waals surface area contributed by atoms with Crippen molar-refractivity contribution in [2.75, 3.05) is 39.9 Å². The molecule has 2 N–H and O–H groups in total. The Morgan fingerprint density at radius 1 is 1.24 bits per heavy atom. The van der Waals surface area contributed by atoms with Gasteiger partial charge in [-0.05, 0) is 19.4 Å². The van der Waals surface area contributed by atoms with Gasteiger partial charge in [-0.15, -0.1) is 11.3 Å². The van der Waals surface area contributed by atoms with Gasteiger partial charge in [0, 0.05) is 31.6 Å². The van der Waals surface area contributed by atoms with Gasteiger partial charge >= 0.3 is 0 Å². The lowest BCUT2D eigenvalue weighted by atomic mass is 9.97. The number of aryl methyl sites for hydroxylation is 2. The fourth-order valence-electron chi connectivity index (χ4n) is 3.36. The van der Waals surface area contributed by atoms with Crippen LogP contribution in [0.15, 0.2) is 35.3 Å². The lowest BCUT2D eigenvalue weighted by Gasteiger charge is -2.31. The van der Waals surface area contributed by atoms with Crippen molar-refractivity contribution in [3.8, 4) is 0 Å². The van der Waals surface area contributed by atoms with Crippen LogP contribution in [0, 0.1) is 13.8 Å². The number of rotatable bonds is 6. The molecule has 1 aliphatic rings. The fraction of sp³-hybridized carbons (Fsp3) is 0.476. The molecule has 3 rings (SSSR count). The van der Waals surface area contributed by atoms with Gasteiger partial charge in [0.1, 0.15) is 0 Å². The summed E-state index contributed by atoms with van der Waals surface area (Å²) < 4.78 is 5.39. The molecular weight excluding hydrogens is 386 g/mol. The molecule has 1 aromatic carbocycles. The Hall–Kier alpha value is -2.45. The van der Waals surface area contributed by atoms with E-state index >= 15 is 0 Å². The molecule has 156 valence electrons. The summed E-state index contributed by atoms with van der Waals surface area (Å²) in [4.78, 5) is 25.0. The first-order valence-electron chi connectivity index (χ1n) is 9.87. The average molecular weight is 416 g/mol. The SMILES string of the molecule is CN=C(NCc1sc(C)nc1C)NCC(C(=O)N1CCOCC1)c1ccccc1. The molecule has 1 saturated heterocycles. The molecule has 1 amide bonds. The summed E-state index contributed by atoms with van der Waals surface area (Å²) in [6.07, 6.45) is 0. The van der Waals surface area contributed by atoms with Crippen LogP contribution in [-0.2, 0) is 16.1 Å². The summed E-state index contributed by atoms with van der Waals surface area (Å²) >= 11 is 1.68. The number of aromatic nitrogens is 1. The number of guanidine groups is 1. The van der Waals surface area contributed by atoms with Crippen LogP contribution >= 0.6 is 11.3 Å². The number of carbonyl (C=O) groups is 1. The van der Waals surface area contributed by atoms with E-state index in [4.69, 9.17) is 4.74 Å². The summed E-state index contributed by atoms with van der Waals surface area (Å²) in [5.41, 5.74) is 2.04. The van der Waals surface area contributed by atoms with Gasteiger partial charge in [0.2, 0.25) is 5.91 Å². The predicted molar refractivity (Wildman–Crippen MR) is 116 cm³/mol. The Labute approximate surface area is 176 Å². The molecule has 0 radical (unpaired) electrons. The largest absolute Gasteiger partial charge is 0.378 e. The zero-order valence-corrected chi connectivity index (χ0v) is 18.1. The molecular formula is C21H29N5O2S. The third-order valence-corrected chi connectivity index (χ3v) is 6.01. The minimum absolute atomic E-state index is 0.122. The molecule has 8 heteroatoms. The van der Waals surface area contributed by atoms with Crippen molar-refractivity contribution in [1.29, 1.82) is 0 Å². The number of benzene rings is 1. The Kier molecular flexibility index (Phi) is 7.60. The lowest BCUT2D eigenvalue weighted by molar-refractivity contribution is -0.136. The number of amides is 1. The van der Waals surface area contributed by atoms with Gasteiger partial charge in [-0.2, -0.15) is 0 Å². The first-order valence-corrected chi connectivity index (χ1v) is 10.7. The third-order valence-electron chi connectivity index (χ3n) is 4.94. The van der Waals surface area contributed by atoms with E-state index in [1.807, 2.05) is 49.1 Å². The van der Waals surface area contributed by atoms with E-state index in [2.05, 4.69) is 20.6 Å². The first kappa shape index (κ1) is 21.3. The van der Waals surface area contributed by atoms with Gasteiger partial charge < -0.3 is 20.3 Å². The first-order chi connectivity index (χ1) is 14.1. The molecule has 2 heterocycles. The van der Waals surface area contributed by atoms with E-state index in [0.29, 0.717) is 45.4 Å². The van der Waals surface area contributed by atoms with E-state index in [1.165, 1.54) is 4.88 Å². The minimum Gasteiger partial charge on any atom is -0.378 e. The molecule has 0 spiro atoms. The van der Waals surface area contributed by atoms with Crippen LogP contribution in [0.3, 0.4) is 0 Å². The zero-order chi connectivity index (χ0) is 20.6. The standard InChI is InChI=1S/C21H29N5O2S/c1-15-19(29-16(2)25-15)14-24-21(22-3)23-13-18(17-7-5-4-6-8-17)20(27)26-9-11-28-12-10-26/h4-8,18H,9-14H2,1-3H3,(H2,22,23,24). The molecule has 0 bridgehead atoms. The van der Waals surface area contributed by atoms with E-state index in [0.717, 1.165) is 16.3 Å². The molecule has 29 heavy (non-hydrogen) atoms. The second kappa shape index (κ2) is 10.4. The summed E-state index contributed by atoms with van der Waals surface area (Å²) in [5, 5.41) is 7.72. The van der Waals surface area contributed by atoms with Crippen molar-refractivity contribution >= 4 is 23.2 Å². The topological polar surface area (TPSA) is 78.8 Å². The summed E-state index contributed by atoms with van der Waals surface area (Å²) in [7, 11) is 1.74. The van der Waals surface area contributed by atoms with Crippen LogP contribution in [0.1, 0.15) is 27.1 Å². The van der Waals surface area contributed by atoms with Crippen molar-refractivity contribution in [2.45, 2.75) is 26.3 Å². The zero-order valence-electron chi connectivity index (χ0n) is 17.3. The highest BCUT2D eigenvalue weighted by Gasteiger charge is 2.27. The van der Waals surface area contributed by atoms with E-state index < -0.39 is 0 Å². The van der Waals surface area contributed by atoms with Gasteiger partial charge in [0.15, 0.2) is 5.96 Å². The van der Waals surface area contributed by atoms with E-state index in [-0.39, 0.29) is 11.8 Å². The normalized spacial score (nSPS) is 15.8. The number of hydrogen-bond acceptors (Lipinski definition) is 5. The molecule has 1 atom stereocenters. The summed E-state index contributed by atoms with van der Waals surface area (Å²) in [6, 6.07) is 9.91. The highest BCUT2D eigenvalue weighted by molar-refractivity contribution is 7.11.